The van der Waals surface area contributed by atoms with Crippen molar-refractivity contribution in [1.29, 1.82) is 0 Å². The van der Waals surface area contributed by atoms with Gasteiger partial charge in [0.15, 0.2) is 0 Å². The molecule has 2 aliphatic carbocycles. The maximum Gasteiger partial charge on any atom is 0.332 e. The number of aromatic nitrogens is 5. The predicted octanol–water partition coefficient (Wildman–Crippen LogP) is 3.79. The molecule has 2 saturated carbocycles. The van der Waals surface area contributed by atoms with Gasteiger partial charge in [0.05, 0.1) is 23.1 Å². The van der Waals surface area contributed by atoms with Gasteiger partial charge in [0.25, 0.3) is 5.56 Å². The van der Waals surface area contributed by atoms with Crippen LogP contribution >= 0.6 is 0 Å². The number of rotatable bonds is 4. The second kappa shape index (κ2) is 6.58. The molecule has 0 spiro atoms. The van der Waals surface area contributed by atoms with E-state index in [0.717, 1.165) is 55.5 Å². The third-order valence-electron chi connectivity index (χ3n) is 6.70. The van der Waals surface area contributed by atoms with E-state index in [1.54, 1.807) is 6.20 Å². The van der Waals surface area contributed by atoms with Crippen molar-refractivity contribution in [3.05, 3.63) is 69.6 Å². The van der Waals surface area contributed by atoms with Gasteiger partial charge in [0.1, 0.15) is 5.52 Å². The van der Waals surface area contributed by atoms with Crippen LogP contribution in [0.4, 0.5) is 0 Å². The van der Waals surface area contributed by atoms with E-state index in [0.29, 0.717) is 11.0 Å². The van der Waals surface area contributed by atoms with E-state index in [-0.39, 0.29) is 23.3 Å². The third kappa shape index (κ3) is 2.54. The molecule has 0 atom stereocenters. The summed E-state index contributed by atoms with van der Waals surface area (Å²) in [5.74, 6) is 0. The molecule has 30 heavy (non-hydrogen) atoms. The van der Waals surface area contributed by atoms with Gasteiger partial charge in [-0.15, -0.1) is 0 Å². The fourth-order valence-electron chi connectivity index (χ4n) is 4.53. The molecule has 0 saturated heterocycles. The first-order valence-electron chi connectivity index (χ1n) is 10.7. The van der Waals surface area contributed by atoms with Crippen molar-refractivity contribution >= 4 is 11.0 Å². The second-order valence-electron chi connectivity index (χ2n) is 8.45. The molecule has 1 N–H and O–H groups in total. The van der Waals surface area contributed by atoms with Gasteiger partial charge in [-0.1, -0.05) is 18.2 Å². The topological polar surface area (TPSA) is 77.6 Å². The Balaban J connectivity index is 1.52. The van der Waals surface area contributed by atoms with Crippen LogP contribution in [-0.4, -0.2) is 23.9 Å². The summed E-state index contributed by atoms with van der Waals surface area (Å²) in [6.07, 6.45) is 9.72. The smallest absolute Gasteiger partial charge is 0.332 e. The Kier molecular flexibility index (Phi) is 3.84. The van der Waals surface area contributed by atoms with Crippen molar-refractivity contribution in [2.45, 2.75) is 50.6 Å². The molecule has 1 aromatic carbocycles. The average Bonchev–Trinajstić information content (AvgIpc) is 3.33. The van der Waals surface area contributed by atoms with Gasteiger partial charge in [0, 0.05) is 23.8 Å². The number of aromatic amines is 1. The van der Waals surface area contributed by atoms with Gasteiger partial charge in [-0.3, -0.25) is 13.9 Å². The Morgan fingerprint density at radius 1 is 0.933 bits per heavy atom. The fourth-order valence-corrected chi connectivity index (χ4v) is 4.53. The summed E-state index contributed by atoms with van der Waals surface area (Å²) in [5, 5.41) is 4.47. The summed E-state index contributed by atoms with van der Waals surface area (Å²) in [4.78, 5) is 29.8. The first kappa shape index (κ1) is 17.5. The number of H-pyrrole nitrogens is 1. The van der Waals surface area contributed by atoms with Crippen LogP contribution in [0.2, 0.25) is 0 Å². The Morgan fingerprint density at radius 2 is 1.63 bits per heavy atom. The van der Waals surface area contributed by atoms with Gasteiger partial charge in [-0.2, -0.15) is 5.10 Å². The molecule has 7 heteroatoms. The first-order chi connectivity index (χ1) is 14.7. The largest absolute Gasteiger partial charge is 0.349 e. The Labute approximate surface area is 172 Å². The molecular formula is C23H23N5O2. The summed E-state index contributed by atoms with van der Waals surface area (Å²) in [6.45, 7) is 0. The van der Waals surface area contributed by atoms with Crippen molar-refractivity contribution in [2.24, 2.45) is 0 Å². The lowest BCUT2D eigenvalue weighted by atomic mass is 9.91. The SMILES string of the molecule is O=c1c2[nH]c(-c3cnn(-c4ccccc4)c3)cc2n(C2CCC2)c(=O)n1C1CCC1. The fraction of sp³-hybridized carbons (Fsp3) is 0.348. The van der Waals surface area contributed by atoms with E-state index in [1.807, 2.05) is 51.8 Å². The molecule has 7 nitrogen and oxygen atoms in total. The van der Waals surface area contributed by atoms with Crippen LogP contribution < -0.4 is 11.2 Å². The predicted molar refractivity (Wildman–Crippen MR) is 115 cm³/mol. The minimum absolute atomic E-state index is 0.0355. The van der Waals surface area contributed by atoms with Gasteiger partial charge >= 0.3 is 5.69 Å². The molecule has 0 bridgehead atoms. The molecule has 3 aromatic heterocycles. The van der Waals surface area contributed by atoms with Crippen LogP contribution in [0.25, 0.3) is 28.0 Å². The Morgan fingerprint density at radius 3 is 2.30 bits per heavy atom. The highest BCUT2D eigenvalue weighted by Gasteiger charge is 2.30. The van der Waals surface area contributed by atoms with Crippen molar-refractivity contribution in [3.8, 4) is 16.9 Å². The minimum Gasteiger partial charge on any atom is -0.349 e. The number of hydrogen-bond donors (Lipinski definition) is 1. The van der Waals surface area contributed by atoms with E-state index in [4.69, 9.17) is 0 Å². The highest BCUT2D eigenvalue weighted by Crippen LogP contribution is 2.35. The lowest BCUT2D eigenvalue weighted by Crippen LogP contribution is -2.45. The van der Waals surface area contributed by atoms with Crippen LogP contribution in [0, 0.1) is 0 Å². The van der Waals surface area contributed by atoms with E-state index >= 15 is 0 Å². The minimum atomic E-state index is -0.197. The van der Waals surface area contributed by atoms with Crippen molar-refractivity contribution < 1.29 is 0 Å². The molecular weight excluding hydrogens is 378 g/mol. The third-order valence-corrected chi connectivity index (χ3v) is 6.70. The van der Waals surface area contributed by atoms with Gasteiger partial charge < -0.3 is 4.98 Å². The maximum atomic E-state index is 13.3. The second-order valence-corrected chi connectivity index (χ2v) is 8.45. The van der Waals surface area contributed by atoms with Gasteiger partial charge in [0.2, 0.25) is 0 Å². The number of fused-ring (bicyclic) bond motifs is 1. The Bertz CT molecular complexity index is 1350. The molecule has 6 rings (SSSR count). The molecule has 0 unspecified atom stereocenters. The zero-order valence-corrected chi connectivity index (χ0v) is 16.6. The van der Waals surface area contributed by atoms with Crippen LogP contribution in [0.5, 0.6) is 0 Å². The lowest BCUT2D eigenvalue weighted by Gasteiger charge is -2.32. The maximum absolute atomic E-state index is 13.3. The molecule has 2 aliphatic rings. The van der Waals surface area contributed by atoms with Crippen molar-refractivity contribution in [1.82, 2.24) is 23.9 Å². The van der Waals surface area contributed by atoms with Crippen LogP contribution in [-0.2, 0) is 0 Å². The summed E-state index contributed by atoms with van der Waals surface area (Å²) in [6, 6.07) is 12.1. The zero-order valence-electron chi connectivity index (χ0n) is 16.6. The molecule has 0 aliphatic heterocycles. The van der Waals surface area contributed by atoms with Crippen molar-refractivity contribution in [2.75, 3.05) is 0 Å². The molecule has 0 amide bonds. The average molecular weight is 401 g/mol. The molecule has 4 aromatic rings. The van der Waals surface area contributed by atoms with Crippen molar-refractivity contribution in [3.63, 3.8) is 0 Å². The first-order valence-corrected chi connectivity index (χ1v) is 10.7. The van der Waals surface area contributed by atoms with Gasteiger partial charge in [-0.05, 0) is 56.7 Å². The van der Waals surface area contributed by atoms with E-state index in [9.17, 15) is 9.59 Å². The highest BCUT2D eigenvalue weighted by atomic mass is 16.2. The molecule has 0 radical (unpaired) electrons. The van der Waals surface area contributed by atoms with E-state index in [2.05, 4.69) is 10.1 Å². The van der Waals surface area contributed by atoms with E-state index in [1.165, 1.54) is 4.57 Å². The van der Waals surface area contributed by atoms with Crippen LogP contribution in [0.1, 0.15) is 50.6 Å². The normalized spacial score (nSPS) is 17.2. The lowest BCUT2D eigenvalue weighted by molar-refractivity contribution is 0.266. The zero-order chi connectivity index (χ0) is 20.2. The number of hydrogen-bond acceptors (Lipinski definition) is 3. The molecule has 2 fully saturated rings. The summed E-state index contributed by atoms with van der Waals surface area (Å²) in [5.41, 5.74) is 3.56. The Hall–Kier alpha value is -3.35. The summed E-state index contributed by atoms with van der Waals surface area (Å²) in [7, 11) is 0. The van der Waals surface area contributed by atoms with E-state index < -0.39 is 0 Å². The number of nitrogens with zero attached hydrogens (tertiary/aromatic N) is 4. The van der Waals surface area contributed by atoms with Crippen LogP contribution in [0.15, 0.2) is 58.4 Å². The number of benzene rings is 1. The monoisotopic (exact) mass is 401 g/mol. The quantitative estimate of drug-likeness (QED) is 0.565. The summed E-state index contributed by atoms with van der Waals surface area (Å²) >= 11 is 0. The summed E-state index contributed by atoms with van der Waals surface area (Å²) < 4.78 is 5.17. The molecule has 152 valence electrons. The number of para-hydroxylation sites is 1. The molecule has 3 heterocycles. The van der Waals surface area contributed by atoms with Gasteiger partial charge in [-0.25, -0.2) is 9.48 Å². The standard InChI is InChI=1S/C23H23N5O2/c29-22-21-20(27(17-8-4-9-17)23(30)28(22)18-10-5-11-18)12-19(25-21)15-13-24-26(14-15)16-6-2-1-3-7-16/h1-3,6-7,12-14,17-18,25H,4-5,8-11H2. The highest BCUT2D eigenvalue weighted by molar-refractivity contribution is 5.82. The van der Waals surface area contributed by atoms with Crippen LogP contribution in [0.3, 0.4) is 0 Å². The number of nitrogens with one attached hydrogen (secondary N) is 1.